The molecule has 0 aliphatic heterocycles. The first-order chi connectivity index (χ1) is 7.97. The summed E-state index contributed by atoms with van der Waals surface area (Å²) in [6.45, 7) is 1.26. The topological polar surface area (TPSA) is 63.6 Å². The van der Waals surface area contributed by atoms with Crippen LogP contribution in [0.5, 0.6) is 5.75 Å². The highest BCUT2D eigenvalue weighted by Gasteiger charge is 2.18. The smallest absolute Gasteiger partial charge is 0.303 e. The normalized spacial score (nSPS) is 13.5. The molecule has 0 aliphatic carbocycles. The fourth-order valence-electron chi connectivity index (χ4n) is 1.40. The standard InChI is InChI=1S/C12H11O4S/c1-9(17(13,14)15)16-12-7-6-10-4-2-3-5-11(10)8-12/h2-7,9H,1H3,(H,13,14,15). The fraction of sp³-hybridized carbons (Fsp3) is 0.167. The summed E-state index contributed by atoms with van der Waals surface area (Å²) in [7, 11) is -4.20. The minimum absolute atomic E-state index is 0.286. The number of fused-ring (bicyclic) bond motifs is 1. The Kier molecular flexibility index (Phi) is 3.04. The summed E-state index contributed by atoms with van der Waals surface area (Å²) in [4.78, 5) is 0. The van der Waals surface area contributed by atoms with Crippen LogP contribution in [-0.2, 0) is 10.1 Å². The van der Waals surface area contributed by atoms with E-state index in [1.54, 1.807) is 12.1 Å². The van der Waals surface area contributed by atoms with Crippen LogP contribution in [0.15, 0.2) is 36.4 Å². The summed E-state index contributed by atoms with van der Waals surface area (Å²) in [6.07, 6.45) is 0. The van der Waals surface area contributed by atoms with E-state index in [-0.39, 0.29) is 5.75 Å². The molecule has 2 aromatic carbocycles. The molecule has 0 spiro atoms. The van der Waals surface area contributed by atoms with E-state index in [0.717, 1.165) is 10.8 Å². The van der Waals surface area contributed by atoms with E-state index in [1.165, 1.54) is 6.92 Å². The molecule has 2 aromatic rings. The van der Waals surface area contributed by atoms with Crippen molar-refractivity contribution in [2.24, 2.45) is 0 Å². The van der Waals surface area contributed by atoms with Gasteiger partial charge in [0, 0.05) is 6.07 Å². The molecule has 0 fully saturated rings. The van der Waals surface area contributed by atoms with Crippen molar-refractivity contribution in [2.75, 3.05) is 0 Å². The van der Waals surface area contributed by atoms with Gasteiger partial charge in [0.2, 0.25) is 5.44 Å². The molecule has 2 rings (SSSR count). The molecule has 0 amide bonds. The molecule has 0 saturated carbocycles. The zero-order chi connectivity index (χ0) is 12.5. The van der Waals surface area contributed by atoms with E-state index in [4.69, 9.17) is 9.29 Å². The maximum Gasteiger partial charge on any atom is 0.303 e. The van der Waals surface area contributed by atoms with Crippen LogP contribution < -0.4 is 4.74 Å². The maximum absolute atomic E-state index is 10.8. The van der Waals surface area contributed by atoms with Crippen LogP contribution in [0.25, 0.3) is 10.8 Å². The molecule has 0 saturated heterocycles. The van der Waals surface area contributed by atoms with Crippen molar-refractivity contribution >= 4 is 20.9 Å². The van der Waals surface area contributed by atoms with Gasteiger partial charge in [0.15, 0.2) is 0 Å². The van der Waals surface area contributed by atoms with E-state index >= 15 is 0 Å². The third-order valence-electron chi connectivity index (χ3n) is 2.35. The zero-order valence-corrected chi connectivity index (χ0v) is 9.94. The molecule has 0 aliphatic rings. The predicted molar refractivity (Wildman–Crippen MR) is 64.4 cm³/mol. The largest absolute Gasteiger partial charge is 0.472 e. The van der Waals surface area contributed by atoms with Gasteiger partial charge < -0.3 is 4.74 Å². The monoisotopic (exact) mass is 251 g/mol. The molecule has 0 bridgehead atoms. The number of rotatable bonds is 3. The van der Waals surface area contributed by atoms with Crippen LogP contribution in [-0.4, -0.2) is 18.4 Å². The van der Waals surface area contributed by atoms with Crippen molar-refractivity contribution in [3.8, 4) is 5.75 Å². The summed E-state index contributed by atoms with van der Waals surface area (Å²) < 4.78 is 35.5. The Morgan fingerprint density at radius 2 is 1.94 bits per heavy atom. The van der Waals surface area contributed by atoms with Crippen LogP contribution in [0.2, 0.25) is 0 Å². The van der Waals surface area contributed by atoms with Gasteiger partial charge in [-0.15, -0.1) is 0 Å². The quantitative estimate of drug-likeness (QED) is 0.850. The highest BCUT2D eigenvalue weighted by molar-refractivity contribution is 7.86. The highest BCUT2D eigenvalue weighted by Crippen LogP contribution is 2.21. The Bertz CT molecular complexity index is 634. The number of hydrogen-bond donors (Lipinski definition) is 1. The van der Waals surface area contributed by atoms with Crippen molar-refractivity contribution in [3.05, 3.63) is 42.5 Å². The van der Waals surface area contributed by atoms with Crippen LogP contribution in [0.4, 0.5) is 0 Å². The zero-order valence-electron chi connectivity index (χ0n) is 9.12. The molecule has 17 heavy (non-hydrogen) atoms. The average Bonchev–Trinajstić information content (AvgIpc) is 2.27. The minimum Gasteiger partial charge on any atom is -0.472 e. The SMILES string of the molecule is CC(Oc1[c]c2ccccc2cc1)S(=O)(=O)O. The second kappa shape index (κ2) is 4.35. The molecule has 1 radical (unpaired) electrons. The van der Waals surface area contributed by atoms with Crippen molar-refractivity contribution in [1.82, 2.24) is 0 Å². The maximum atomic E-state index is 10.8. The van der Waals surface area contributed by atoms with Crippen LogP contribution >= 0.6 is 0 Å². The molecule has 89 valence electrons. The lowest BCUT2D eigenvalue weighted by Gasteiger charge is -2.11. The fourth-order valence-corrected chi connectivity index (χ4v) is 1.63. The molecule has 5 heteroatoms. The van der Waals surface area contributed by atoms with Crippen molar-refractivity contribution in [3.63, 3.8) is 0 Å². The van der Waals surface area contributed by atoms with Gasteiger partial charge in [0.25, 0.3) is 0 Å². The van der Waals surface area contributed by atoms with Gasteiger partial charge in [0.05, 0.1) is 0 Å². The van der Waals surface area contributed by atoms with E-state index in [9.17, 15) is 8.42 Å². The second-order valence-electron chi connectivity index (χ2n) is 3.61. The van der Waals surface area contributed by atoms with Crippen molar-refractivity contribution < 1.29 is 17.7 Å². The number of ether oxygens (including phenoxy) is 1. The van der Waals surface area contributed by atoms with E-state index in [2.05, 4.69) is 6.07 Å². The second-order valence-corrected chi connectivity index (χ2v) is 5.30. The molecule has 0 heterocycles. The van der Waals surface area contributed by atoms with Gasteiger partial charge in [-0.2, -0.15) is 8.42 Å². The molecule has 4 nitrogen and oxygen atoms in total. The van der Waals surface area contributed by atoms with Gasteiger partial charge in [0.1, 0.15) is 5.75 Å². The number of benzene rings is 2. The summed E-state index contributed by atoms with van der Waals surface area (Å²) in [5, 5.41) is 1.81. The lowest BCUT2D eigenvalue weighted by atomic mass is 10.1. The van der Waals surface area contributed by atoms with E-state index in [1.807, 2.05) is 24.3 Å². The molecule has 1 unspecified atom stereocenters. The van der Waals surface area contributed by atoms with E-state index < -0.39 is 15.6 Å². The molecule has 0 aromatic heterocycles. The first-order valence-corrected chi connectivity index (χ1v) is 6.51. The summed E-state index contributed by atoms with van der Waals surface area (Å²) >= 11 is 0. The van der Waals surface area contributed by atoms with Gasteiger partial charge >= 0.3 is 10.1 Å². The Hall–Kier alpha value is -1.59. The van der Waals surface area contributed by atoms with Gasteiger partial charge in [-0.05, 0) is 23.8 Å². The Labute approximate surface area is 99.6 Å². The summed E-state index contributed by atoms with van der Waals surface area (Å²) in [6, 6.07) is 13.9. The molecular formula is C12H11O4S. The highest BCUT2D eigenvalue weighted by atomic mass is 32.2. The lowest BCUT2D eigenvalue weighted by molar-refractivity contribution is 0.274. The Balaban J connectivity index is 2.31. The van der Waals surface area contributed by atoms with Gasteiger partial charge in [-0.1, -0.05) is 30.3 Å². The molecular weight excluding hydrogens is 240 g/mol. The van der Waals surface area contributed by atoms with Crippen LogP contribution in [0, 0.1) is 6.07 Å². The minimum atomic E-state index is -4.20. The Morgan fingerprint density at radius 1 is 1.24 bits per heavy atom. The van der Waals surface area contributed by atoms with Crippen molar-refractivity contribution in [1.29, 1.82) is 0 Å². The van der Waals surface area contributed by atoms with Crippen LogP contribution in [0.3, 0.4) is 0 Å². The molecule has 1 N–H and O–H groups in total. The average molecular weight is 251 g/mol. The van der Waals surface area contributed by atoms with Crippen LogP contribution in [0.1, 0.15) is 6.92 Å². The number of hydrogen-bond acceptors (Lipinski definition) is 3. The van der Waals surface area contributed by atoms with Gasteiger partial charge in [-0.3, -0.25) is 4.55 Å². The van der Waals surface area contributed by atoms with Gasteiger partial charge in [-0.25, -0.2) is 0 Å². The molecule has 1 atom stereocenters. The predicted octanol–water partition coefficient (Wildman–Crippen LogP) is 2.25. The Morgan fingerprint density at radius 3 is 2.65 bits per heavy atom. The third kappa shape index (κ3) is 2.75. The van der Waals surface area contributed by atoms with Crippen molar-refractivity contribution in [2.45, 2.75) is 12.4 Å². The first kappa shape index (κ1) is 11.9. The third-order valence-corrected chi connectivity index (χ3v) is 3.28. The lowest BCUT2D eigenvalue weighted by Crippen LogP contribution is -2.23. The van der Waals surface area contributed by atoms with E-state index in [0.29, 0.717) is 0 Å². The first-order valence-electron chi connectivity index (χ1n) is 5.01. The summed E-state index contributed by atoms with van der Waals surface area (Å²) in [5.74, 6) is 0.286. The summed E-state index contributed by atoms with van der Waals surface area (Å²) in [5.41, 5.74) is -1.31.